The van der Waals surface area contributed by atoms with E-state index in [0.29, 0.717) is 0 Å². The Morgan fingerprint density at radius 3 is 2.29 bits per heavy atom. The van der Waals surface area contributed by atoms with Crippen molar-refractivity contribution in [2.45, 2.75) is 26.3 Å². The standard InChI is InChI=1S/C6H13N/c1-5-3-4-7-6(5)2/h5-7H,3-4H2,1-2H3/t5-,6?/m1/s1. The van der Waals surface area contributed by atoms with Gasteiger partial charge in [-0.2, -0.15) is 0 Å². The lowest BCUT2D eigenvalue weighted by molar-refractivity contribution is 0.519. The third kappa shape index (κ3) is 0.942. The summed E-state index contributed by atoms with van der Waals surface area (Å²) in [6.45, 7) is 5.77. The van der Waals surface area contributed by atoms with Crippen molar-refractivity contribution in [1.82, 2.24) is 5.32 Å². The van der Waals surface area contributed by atoms with Gasteiger partial charge in [-0.3, -0.25) is 0 Å². The molecule has 0 aromatic carbocycles. The largest absolute Gasteiger partial charge is 0.314 e. The molecule has 2 atom stereocenters. The summed E-state index contributed by atoms with van der Waals surface area (Å²) < 4.78 is 0. The van der Waals surface area contributed by atoms with Gasteiger partial charge < -0.3 is 5.32 Å². The lowest BCUT2D eigenvalue weighted by Crippen LogP contribution is -2.20. The summed E-state index contributed by atoms with van der Waals surface area (Å²) in [5.41, 5.74) is 0. The summed E-state index contributed by atoms with van der Waals surface area (Å²) in [6.07, 6.45) is 1.36. The van der Waals surface area contributed by atoms with Crippen molar-refractivity contribution >= 4 is 0 Å². The Hall–Kier alpha value is -0.0400. The van der Waals surface area contributed by atoms with E-state index in [0.717, 1.165) is 12.0 Å². The molecule has 1 heteroatoms. The topological polar surface area (TPSA) is 12.0 Å². The van der Waals surface area contributed by atoms with E-state index in [4.69, 9.17) is 0 Å². The van der Waals surface area contributed by atoms with Crippen molar-refractivity contribution in [1.29, 1.82) is 0 Å². The molecule has 0 aromatic rings. The van der Waals surface area contributed by atoms with Gasteiger partial charge in [-0.1, -0.05) is 6.92 Å². The smallest absolute Gasteiger partial charge is 0.00648 e. The first-order chi connectivity index (χ1) is 3.30. The number of hydrogen-bond acceptors (Lipinski definition) is 1. The molecule has 0 bridgehead atoms. The first-order valence-electron chi connectivity index (χ1n) is 3.04. The van der Waals surface area contributed by atoms with Gasteiger partial charge >= 0.3 is 0 Å². The molecule has 42 valence electrons. The van der Waals surface area contributed by atoms with Crippen LogP contribution in [-0.2, 0) is 0 Å². The zero-order chi connectivity index (χ0) is 5.28. The Morgan fingerprint density at radius 1 is 1.43 bits per heavy atom. The molecule has 1 nitrogen and oxygen atoms in total. The lowest BCUT2D eigenvalue weighted by Gasteiger charge is -2.05. The third-order valence-corrected chi connectivity index (χ3v) is 1.92. The molecular formula is C6H13N. The van der Waals surface area contributed by atoms with Crippen molar-refractivity contribution in [3.8, 4) is 0 Å². The molecule has 1 heterocycles. The van der Waals surface area contributed by atoms with E-state index < -0.39 is 0 Å². The van der Waals surface area contributed by atoms with Gasteiger partial charge in [0, 0.05) is 6.04 Å². The second-order valence-electron chi connectivity index (χ2n) is 2.51. The van der Waals surface area contributed by atoms with Gasteiger partial charge in [0.15, 0.2) is 0 Å². The Morgan fingerprint density at radius 2 is 2.14 bits per heavy atom. The maximum atomic E-state index is 3.37. The fourth-order valence-corrected chi connectivity index (χ4v) is 0.990. The highest BCUT2D eigenvalue weighted by Crippen LogP contribution is 2.12. The quantitative estimate of drug-likeness (QED) is 0.478. The van der Waals surface area contributed by atoms with E-state index in [9.17, 15) is 0 Å². The van der Waals surface area contributed by atoms with E-state index in [2.05, 4.69) is 19.2 Å². The molecule has 0 amide bonds. The van der Waals surface area contributed by atoms with Crippen LogP contribution in [0.25, 0.3) is 0 Å². The van der Waals surface area contributed by atoms with Crippen molar-refractivity contribution in [3.05, 3.63) is 0 Å². The van der Waals surface area contributed by atoms with Crippen molar-refractivity contribution in [3.63, 3.8) is 0 Å². The Bertz CT molecular complexity index is 53.2. The van der Waals surface area contributed by atoms with Crippen LogP contribution in [0, 0.1) is 5.92 Å². The highest BCUT2D eigenvalue weighted by molar-refractivity contribution is 4.75. The van der Waals surface area contributed by atoms with Gasteiger partial charge in [0.25, 0.3) is 0 Å². The van der Waals surface area contributed by atoms with Crippen LogP contribution in [0.2, 0.25) is 0 Å². The summed E-state index contributed by atoms with van der Waals surface area (Å²) in [6, 6.07) is 0.764. The SMILES string of the molecule is CC1NCC[C@H]1C. The van der Waals surface area contributed by atoms with Crippen LogP contribution in [0.1, 0.15) is 20.3 Å². The van der Waals surface area contributed by atoms with Gasteiger partial charge in [-0.25, -0.2) is 0 Å². The lowest BCUT2D eigenvalue weighted by atomic mass is 10.1. The van der Waals surface area contributed by atoms with Crippen molar-refractivity contribution in [2.75, 3.05) is 6.54 Å². The molecule has 0 saturated carbocycles. The molecule has 1 N–H and O–H groups in total. The number of nitrogens with one attached hydrogen (secondary N) is 1. The van der Waals surface area contributed by atoms with Crippen molar-refractivity contribution < 1.29 is 0 Å². The molecule has 1 aliphatic heterocycles. The van der Waals surface area contributed by atoms with Crippen LogP contribution >= 0.6 is 0 Å². The molecule has 1 unspecified atom stereocenters. The zero-order valence-electron chi connectivity index (χ0n) is 5.07. The highest BCUT2D eigenvalue weighted by Gasteiger charge is 2.16. The van der Waals surface area contributed by atoms with Crippen LogP contribution in [0.5, 0.6) is 0 Å². The first kappa shape index (κ1) is 5.10. The number of hydrogen-bond donors (Lipinski definition) is 1. The molecular weight excluding hydrogens is 86.1 g/mol. The summed E-state index contributed by atoms with van der Waals surface area (Å²) in [5.74, 6) is 0.903. The van der Waals surface area contributed by atoms with Crippen LogP contribution in [-0.4, -0.2) is 12.6 Å². The van der Waals surface area contributed by atoms with Crippen LogP contribution in [0.3, 0.4) is 0 Å². The van der Waals surface area contributed by atoms with Crippen LogP contribution in [0.15, 0.2) is 0 Å². The fourth-order valence-electron chi connectivity index (χ4n) is 0.990. The van der Waals surface area contributed by atoms with Gasteiger partial charge in [0.1, 0.15) is 0 Å². The van der Waals surface area contributed by atoms with Gasteiger partial charge in [0.05, 0.1) is 0 Å². The van der Waals surface area contributed by atoms with Crippen LogP contribution in [0.4, 0.5) is 0 Å². The first-order valence-corrected chi connectivity index (χ1v) is 3.04. The minimum atomic E-state index is 0.764. The highest BCUT2D eigenvalue weighted by atomic mass is 14.9. The maximum Gasteiger partial charge on any atom is 0.00648 e. The molecule has 1 fully saturated rings. The molecule has 1 rings (SSSR count). The molecule has 0 aromatic heterocycles. The van der Waals surface area contributed by atoms with Gasteiger partial charge in [-0.05, 0) is 25.8 Å². The number of rotatable bonds is 0. The second kappa shape index (κ2) is 1.83. The van der Waals surface area contributed by atoms with E-state index in [1.807, 2.05) is 0 Å². The fraction of sp³-hybridized carbons (Fsp3) is 1.00. The van der Waals surface area contributed by atoms with E-state index in [-0.39, 0.29) is 0 Å². The zero-order valence-corrected chi connectivity index (χ0v) is 5.07. The monoisotopic (exact) mass is 99.1 g/mol. The van der Waals surface area contributed by atoms with E-state index in [1.165, 1.54) is 13.0 Å². The Labute approximate surface area is 45.1 Å². The van der Waals surface area contributed by atoms with E-state index in [1.54, 1.807) is 0 Å². The molecule has 0 aliphatic carbocycles. The van der Waals surface area contributed by atoms with Gasteiger partial charge in [-0.15, -0.1) is 0 Å². The Balaban J connectivity index is 2.33. The predicted octanol–water partition coefficient (Wildman–Crippen LogP) is 1.00. The summed E-state index contributed by atoms with van der Waals surface area (Å²) in [4.78, 5) is 0. The molecule has 0 spiro atoms. The molecule has 0 radical (unpaired) electrons. The summed E-state index contributed by atoms with van der Waals surface area (Å²) in [7, 11) is 0. The molecule has 7 heavy (non-hydrogen) atoms. The second-order valence-corrected chi connectivity index (χ2v) is 2.51. The third-order valence-electron chi connectivity index (χ3n) is 1.92. The normalized spacial score (nSPS) is 42.0. The van der Waals surface area contributed by atoms with Gasteiger partial charge in [0.2, 0.25) is 0 Å². The Kier molecular flexibility index (Phi) is 1.33. The summed E-state index contributed by atoms with van der Waals surface area (Å²) in [5, 5.41) is 3.37. The van der Waals surface area contributed by atoms with E-state index >= 15 is 0 Å². The minimum Gasteiger partial charge on any atom is -0.314 e. The average molecular weight is 99.2 g/mol. The predicted molar refractivity (Wildman–Crippen MR) is 31.2 cm³/mol. The minimum absolute atomic E-state index is 0.764. The molecule has 1 aliphatic rings. The van der Waals surface area contributed by atoms with Crippen LogP contribution < -0.4 is 5.32 Å². The molecule has 1 saturated heterocycles. The average Bonchev–Trinajstić information content (AvgIpc) is 1.91. The summed E-state index contributed by atoms with van der Waals surface area (Å²) >= 11 is 0. The maximum absolute atomic E-state index is 3.37. The van der Waals surface area contributed by atoms with Crippen molar-refractivity contribution in [2.24, 2.45) is 5.92 Å².